The molecule has 1 unspecified atom stereocenters. The first kappa shape index (κ1) is 16.2. The van der Waals surface area contributed by atoms with Crippen LogP contribution in [0.15, 0.2) is 42.6 Å². The summed E-state index contributed by atoms with van der Waals surface area (Å²) in [6.45, 7) is 0.961. The molecule has 3 heterocycles. The van der Waals surface area contributed by atoms with E-state index in [-0.39, 0.29) is 6.04 Å². The van der Waals surface area contributed by atoms with Crippen molar-refractivity contribution >= 4 is 17.0 Å². The summed E-state index contributed by atoms with van der Waals surface area (Å²) in [6.07, 6.45) is 7.44. The normalized spacial score (nSPS) is 18.6. The van der Waals surface area contributed by atoms with Crippen molar-refractivity contribution in [3.63, 3.8) is 0 Å². The van der Waals surface area contributed by atoms with Gasteiger partial charge in [-0.1, -0.05) is 12.1 Å². The number of anilines is 1. The molecule has 3 aromatic rings. The van der Waals surface area contributed by atoms with Crippen LogP contribution in [-0.2, 0) is 19.4 Å². The summed E-state index contributed by atoms with van der Waals surface area (Å²) in [5.41, 5.74) is 7.09. The molecule has 3 nitrogen and oxygen atoms in total. The van der Waals surface area contributed by atoms with Gasteiger partial charge < -0.3 is 14.8 Å². The Morgan fingerprint density at radius 1 is 1.04 bits per heavy atom. The summed E-state index contributed by atoms with van der Waals surface area (Å²) >= 11 is 2.02. The van der Waals surface area contributed by atoms with Gasteiger partial charge in [-0.3, -0.25) is 0 Å². The van der Waals surface area contributed by atoms with Gasteiger partial charge in [0.1, 0.15) is 5.00 Å². The highest BCUT2D eigenvalue weighted by Gasteiger charge is 2.28. The predicted molar refractivity (Wildman–Crippen MR) is 110 cm³/mol. The average molecular weight is 364 g/mol. The second-order valence-electron chi connectivity index (χ2n) is 7.60. The first-order valence-corrected chi connectivity index (χ1v) is 10.4. The Morgan fingerprint density at radius 2 is 1.85 bits per heavy atom. The number of aromatic nitrogens is 1. The Labute approximate surface area is 159 Å². The van der Waals surface area contributed by atoms with Gasteiger partial charge in [0, 0.05) is 48.7 Å². The van der Waals surface area contributed by atoms with E-state index >= 15 is 0 Å². The maximum atomic E-state index is 3.85. The third-order valence-electron chi connectivity index (χ3n) is 5.78. The van der Waals surface area contributed by atoms with E-state index in [2.05, 4.69) is 71.5 Å². The lowest BCUT2D eigenvalue weighted by atomic mass is 9.95. The van der Waals surface area contributed by atoms with Crippen molar-refractivity contribution in [3.05, 3.63) is 69.9 Å². The summed E-state index contributed by atoms with van der Waals surface area (Å²) in [6, 6.07) is 13.6. The number of fused-ring (bicyclic) bond motifs is 5. The van der Waals surface area contributed by atoms with Crippen molar-refractivity contribution in [2.75, 3.05) is 19.0 Å². The largest absolute Gasteiger partial charge is 0.378 e. The van der Waals surface area contributed by atoms with E-state index in [0.29, 0.717) is 0 Å². The lowest BCUT2D eigenvalue weighted by Crippen LogP contribution is -2.22. The molecule has 4 heteroatoms. The second kappa shape index (κ2) is 6.29. The number of thiophene rings is 1. The molecule has 1 aliphatic carbocycles. The first-order valence-electron chi connectivity index (χ1n) is 9.54. The predicted octanol–water partition coefficient (Wildman–Crippen LogP) is 4.68. The Hall–Kier alpha value is -2.04. The Bertz CT molecular complexity index is 933. The standard InChI is InChI=1S/C22H25N3S/c1-24(2)16-11-9-15(10-12-16)21-19-7-5-13-25(19)22-18(14-23-21)17-6-3-4-8-20(17)26-22/h5,7,9-13,21,23H,3-4,6,8,14H2,1-2H3. The molecular weight excluding hydrogens is 338 g/mol. The topological polar surface area (TPSA) is 20.2 Å². The third kappa shape index (κ3) is 2.51. The molecule has 5 rings (SSSR count). The molecule has 26 heavy (non-hydrogen) atoms. The van der Waals surface area contributed by atoms with E-state index < -0.39 is 0 Å². The molecule has 1 aromatic carbocycles. The van der Waals surface area contributed by atoms with Gasteiger partial charge in [-0.2, -0.15) is 0 Å². The summed E-state index contributed by atoms with van der Waals surface area (Å²) in [7, 11) is 4.18. The number of rotatable bonds is 2. The van der Waals surface area contributed by atoms with E-state index in [9.17, 15) is 0 Å². The summed E-state index contributed by atoms with van der Waals surface area (Å²) in [5.74, 6) is 0. The van der Waals surface area contributed by atoms with Crippen molar-refractivity contribution in [2.45, 2.75) is 38.3 Å². The number of hydrogen-bond acceptors (Lipinski definition) is 3. The molecule has 2 aromatic heterocycles. The molecule has 1 N–H and O–H groups in total. The van der Waals surface area contributed by atoms with Crippen molar-refractivity contribution in [1.82, 2.24) is 9.88 Å². The molecule has 0 spiro atoms. The lowest BCUT2D eigenvalue weighted by Gasteiger charge is -2.20. The van der Waals surface area contributed by atoms with E-state index in [1.807, 2.05) is 11.3 Å². The number of aryl methyl sites for hydroxylation is 1. The monoisotopic (exact) mass is 363 g/mol. The molecule has 0 fully saturated rings. The van der Waals surface area contributed by atoms with Crippen LogP contribution in [0.1, 0.15) is 46.1 Å². The minimum absolute atomic E-state index is 0.236. The van der Waals surface area contributed by atoms with E-state index in [0.717, 1.165) is 6.54 Å². The minimum atomic E-state index is 0.236. The van der Waals surface area contributed by atoms with Gasteiger partial charge in [0.05, 0.1) is 6.04 Å². The van der Waals surface area contributed by atoms with Gasteiger partial charge in [-0.15, -0.1) is 11.3 Å². The molecule has 0 saturated heterocycles. The van der Waals surface area contributed by atoms with Crippen LogP contribution in [0, 0.1) is 0 Å². The zero-order valence-electron chi connectivity index (χ0n) is 15.5. The van der Waals surface area contributed by atoms with Crippen LogP contribution in [0.2, 0.25) is 0 Å². The smallest absolute Gasteiger partial charge is 0.104 e. The van der Waals surface area contributed by atoms with Crippen LogP contribution < -0.4 is 10.2 Å². The zero-order valence-corrected chi connectivity index (χ0v) is 16.3. The average Bonchev–Trinajstić information content (AvgIpc) is 3.24. The quantitative estimate of drug-likeness (QED) is 0.714. The molecular formula is C22H25N3S. The Balaban J connectivity index is 1.57. The third-order valence-corrected chi connectivity index (χ3v) is 7.11. The van der Waals surface area contributed by atoms with E-state index in [1.165, 1.54) is 53.2 Å². The zero-order chi connectivity index (χ0) is 17.7. The van der Waals surface area contributed by atoms with Crippen LogP contribution in [0.5, 0.6) is 0 Å². The van der Waals surface area contributed by atoms with Gasteiger partial charge >= 0.3 is 0 Å². The number of hydrogen-bond donors (Lipinski definition) is 1. The molecule has 0 radical (unpaired) electrons. The highest BCUT2D eigenvalue weighted by Crippen LogP contribution is 2.40. The molecule has 0 saturated carbocycles. The Morgan fingerprint density at radius 3 is 2.65 bits per heavy atom. The highest BCUT2D eigenvalue weighted by atomic mass is 32.1. The van der Waals surface area contributed by atoms with Gasteiger partial charge in [-0.25, -0.2) is 0 Å². The second-order valence-corrected chi connectivity index (χ2v) is 8.68. The Kier molecular flexibility index (Phi) is 3.91. The minimum Gasteiger partial charge on any atom is -0.378 e. The van der Waals surface area contributed by atoms with Crippen molar-refractivity contribution < 1.29 is 0 Å². The highest BCUT2D eigenvalue weighted by molar-refractivity contribution is 7.15. The van der Waals surface area contributed by atoms with Crippen LogP contribution >= 0.6 is 11.3 Å². The number of nitrogens with one attached hydrogen (secondary N) is 1. The maximum Gasteiger partial charge on any atom is 0.104 e. The molecule has 2 aliphatic rings. The van der Waals surface area contributed by atoms with E-state index in [4.69, 9.17) is 0 Å². The molecule has 0 bridgehead atoms. The SMILES string of the molecule is CN(C)c1ccc(C2NCc3c(sc4c3CCCC4)-n3cccc32)cc1. The van der Waals surface area contributed by atoms with Gasteiger partial charge in [0.2, 0.25) is 0 Å². The van der Waals surface area contributed by atoms with Gasteiger partial charge in [0.25, 0.3) is 0 Å². The fraction of sp³-hybridized carbons (Fsp3) is 0.364. The van der Waals surface area contributed by atoms with Crippen molar-refractivity contribution in [2.24, 2.45) is 0 Å². The first-order chi connectivity index (χ1) is 12.7. The van der Waals surface area contributed by atoms with E-state index in [1.54, 1.807) is 10.4 Å². The van der Waals surface area contributed by atoms with Crippen LogP contribution in [0.25, 0.3) is 5.00 Å². The summed E-state index contributed by atoms with van der Waals surface area (Å²) in [4.78, 5) is 3.77. The van der Waals surface area contributed by atoms with Crippen molar-refractivity contribution in [1.29, 1.82) is 0 Å². The molecule has 1 atom stereocenters. The number of benzene rings is 1. The van der Waals surface area contributed by atoms with Gasteiger partial charge in [-0.05, 0) is 61.1 Å². The number of nitrogens with zero attached hydrogens (tertiary/aromatic N) is 2. The molecule has 0 amide bonds. The van der Waals surface area contributed by atoms with Crippen LogP contribution in [0.3, 0.4) is 0 Å². The molecule has 1 aliphatic heterocycles. The lowest BCUT2D eigenvalue weighted by molar-refractivity contribution is 0.595. The van der Waals surface area contributed by atoms with Crippen LogP contribution in [0.4, 0.5) is 5.69 Å². The fourth-order valence-corrected chi connectivity index (χ4v) is 5.78. The van der Waals surface area contributed by atoms with Crippen LogP contribution in [-0.4, -0.2) is 18.7 Å². The summed E-state index contributed by atoms with van der Waals surface area (Å²) < 4.78 is 2.43. The van der Waals surface area contributed by atoms with Crippen molar-refractivity contribution in [3.8, 4) is 5.00 Å². The molecule has 134 valence electrons. The fourth-order valence-electron chi connectivity index (χ4n) is 4.37. The van der Waals surface area contributed by atoms with Gasteiger partial charge in [0.15, 0.2) is 0 Å². The maximum absolute atomic E-state index is 3.85. The summed E-state index contributed by atoms with van der Waals surface area (Å²) in [5, 5.41) is 5.30.